The molecule has 1 heterocycles. The molecule has 0 aliphatic carbocycles. The zero-order valence-electron chi connectivity index (χ0n) is 10.5. The maximum atomic E-state index is 12.5. The maximum Gasteiger partial charge on any atom is 0.416 e. The van der Waals surface area contributed by atoms with Crippen LogP contribution in [-0.2, 0) is 6.18 Å². The first-order chi connectivity index (χ1) is 9.54. The van der Waals surface area contributed by atoms with Gasteiger partial charge in [0, 0.05) is 5.69 Å². The predicted molar refractivity (Wildman–Crippen MR) is 75.9 cm³/mol. The van der Waals surface area contributed by atoms with Gasteiger partial charge >= 0.3 is 13.0 Å². The van der Waals surface area contributed by atoms with E-state index in [1.54, 1.807) is 0 Å². The van der Waals surface area contributed by atoms with Crippen molar-refractivity contribution in [1.29, 1.82) is 0 Å². The SMILES string of the molecule is FC(F)(F)c1ccc(B2C=Cc3ccccc3N2)cc1. The molecule has 5 heteroatoms. The van der Waals surface area contributed by atoms with Crippen LogP contribution in [0.2, 0.25) is 0 Å². The van der Waals surface area contributed by atoms with Gasteiger partial charge in [-0.25, -0.2) is 0 Å². The highest BCUT2D eigenvalue weighted by atomic mass is 19.4. The molecule has 2 aromatic carbocycles. The number of para-hydroxylation sites is 1. The van der Waals surface area contributed by atoms with Crippen LogP contribution in [-0.4, -0.2) is 6.85 Å². The first-order valence-electron chi connectivity index (χ1n) is 6.25. The molecule has 0 radical (unpaired) electrons. The van der Waals surface area contributed by atoms with Gasteiger partial charge in [-0.2, -0.15) is 13.2 Å². The number of hydrogen-bond acceptors (Lipinski definition) is 1. The molecule has 1 N–H and O–H groups in total. The molecule has 0 fully saturated rings. The van der Waals surface area contributed by atoms with E-state index in [9.17, 15) is 13.2 Å². The molecule has 0 aromatic heterocycles. The van der Waals surface area contributed by atoms with E-state index in [1.807, 2.05) is 36.3 Å². The van der Waals surface area contributed by atoms with Crippen molar-refractivity contribution in [3.63, 3.8) is 0 Å². The summed E-state index contributed by atoms with van der Waals surface area (Å²) in [4.78, 5) is 0. The molecule has 100 valence electrons. The van der Waals surface area contributed by atoms with E-state index in [1.165, 1.54) is 12.1 Å². The molecule has 2 aromatic rings. The summed E-state index contributed by atoms with van der Waals surface area (Å²) < 4.78 is 37.6. The van der Waals surface area contributed by atoms with E-state index in [4.69, 9.17) is 0 Å². The van der Waals surface area contributed by atoms with Crippen LogP contribution in [0, 0.1) is 0 Å². The summed E-state index contributed by atoms with van der Waals surface area (Å²) >= 11 is 0. The number of rotatable bonds is 1. The number of benzene rings is 2. The Labute approximate surface area is 115 Å². The average Bonchev–Trinajstić information content (AvgIpc) is 2.46. The van der Waals surface area contributed by atoms with Crippen LogP contribution in [0.4, 0.5) is 18.9 Å². The summed E-state index contributed by atoms with van der Waals surface area (Å²) in [5.41, 5.74) is 2.25. The van der Waals surface area contributed by atoms with Gasteiger partial charge in [-0.3, -0.25) is 0 Å². The van der Waals surface area contributed by atoms with E-state index >= 15 is 0 Å². The summed E-state index contributed by atoms with van der Waals surface area (Å²) in [6, 6.07) is 13.1. The van der Waals surface area contributed by atoms with E-state index < -0.39 is 11.7 Å². The molecule has 0 atom stereocenters. The Morgan fingerprint density at radius 3 is 2.30 bits per heavy atom. The van der Waals surface area contributed by atoms with E-state index in [-0.39, 0.29) is 6.85 Å². The smallest absolute Gasteiger partial charge is 0.416 e. The molecular formula is C15H11BF3N. The minimum Gasteiger partial charge on any atom is -0.420 e. The second-order valence-electron chi connectivity index (χ2n) is 4.69. The highest BCUT2D eigenvalue weighted by molar-refractivity contribution is 6.81. The van der Waals surface area contributed by atoms with Gasteiger partial charge < -0.3 is 5.23 Å². The molecule has 1 aliphatic rings. The fourth-order valence-electron chi connectivity index (χ4n) is 2.26. The topological polar surface area (TPSA) is 12.0 Å². The largest absolute Gasteiger partial charge is 0.420 e. The lowest BCUT2D eigenvalue weighted by atomic mass is 9.54. The number of alkyl halides is 3. The molecular weight excluding hydrogens is 262 g/mol. The van der Waals surface area contributed by atoms with Gasteiger partial charge in [0.15, 0.2) is 0 Å². The Bertz CT molecular complexity index is 647. The van der Waals surface area contributed by atoms with Crippen molar-refractivity contribution >= 4 is 24.1 Å². The van der Waals surface area contributed by atoms with Crippen molar-refractivity contribution in [3.05, 3.63) is 65.6 Å². The van der Waals surface area contributed by atoms with Crippen molar-refractivity contribution in [3.8, 4) is 0 Å². The van der Waals surface area contributed by atoms with E-state index in [0.29, 0.717) is 0 Å². The minimum atomic E-state index is -4.29. The number of nitrogens with one attached hydrogen (secondary N) is 1. The zero-order chi connectivity index (χ0) is 14.2. The molecule has 0 bridgehead atoms. The third-order valence-corrected chi connectivity index (χ3v) is 3.34. The Kier molecular flexibility index (Phi) is 3.05. The lowest BCUT2D eigenvalue weighted by Crippen LogP contribution is -2.38. The van der Waals surface area contributed by atoms with Crippen LogP contribution < -0.4 is 10.7 Å². The summed E-state index contributed by atoms with van der Waals surface area (Å²) in [7, 11) is 0. The van der Waals surface area contributed by atoms with Gasteiger partial charge in [0.25, 0.3) is 0 Å². The average molecular weight is 273 g/mol. The monoisotopic (exact) mass is 273 g/mol. The van der Waals surface area contributed by atoms with Crippen LogP contribution >= 0.6 is 0 Å². The van der Waals surface area contributed by atoms with E-state index in [2.05, 4.69) is 5.23 Å². The molecule has 0 amide bonds. The summed E-state index contributed by atoms with van der Waals surface area (Å²) in [6.45, 7) is -0.104. The van der Waals surface area contributed by atoms with Gasteiger partial charge in [-0.05, 0) is 11.6 Å². The summed E-state index contributed by atoms with van der Waals surface area (Å²) in [5.74, 6) is 1.95. The van der Waals surface area contributed by atoms with E-state index in [0.717, 1.165) is 28.8 Å². The van der Waals surface area contributed by atoms with Gasteiger partial charge in [0.1, 0.15) is 0 Å². The fourth-order valence-corrected chi connectivity index (χ4v) is 2.26. The number of anilines is 1. The first kappa shape index (κ1) is 12.8. The zero-order valence-corrected chi connectivity index (χ0v) is 10.5. The standard InChI is InChI=1S/C15H11BF3N/c17-15(18,19)12-5-7-13(8-6-12)16-10-9-11-3-1-2-4-14(11)20-16/h1-10,20H. The first-order valence-corrected chi connectivity index (χ1v) is 6.25. The van der Waals surface area contributed by atoms with Crippen LogP contribution in [0.5, 0.6) is 0 Å². The van der Waals surface area contributed by atoms with Crippen molar-refractivity contribution in [1.82, 2.24) is 0 Å². The third kappa shape index (κ3) is 2.43. The molecule has 0 saturated heterocycles. The Balaban J connectivity index is 1.85. The Hall–Kier alpha value is -2.17. The molecule has 1 aliphatic heterocycles. The van der Waals surface area contributed by atoms with Gasteiger partial charge in [0.05, 0.1) is 5.56 Å². The Morgan fingerprint density at radius 2 is 1.60 bits per heavy atom. The predicted octanol–water partition coefficient (Wildman–Crippen LogP) is 3.58. The van der Waals surface area contributed by atoms with Crippen LogP contribution in [0.3, 0.4) is 0 Å². The lowest BCUT2D eigenvalue weighted by molar-refractivity contribution is -0.137. The van der Waals surface area contributed by atoms with Crippen molar-refractivity contribution < 1.29 is 13.2 Å². The highest BCUT2D eigenvalue weighted by Gasteiger charge is 2.30. The quantitative estimate of drug-likeness (QED) is 0.783. The van der Waals surface area contributed by atoms with Crippen LogP contribution in [0.1, 0.15) is 11.1 Å². The number of fused-ring (bicyclic) bond motifs is 1. The van der Waals surface area contributed by atoms with Crippen LogP contribution in [0.15, 0.2) is 54.5 Å². The van der Waals surface area contributed by atoms with Crippen molar-refractivity contribution in [2.24, 2.45) is 0 Å². The maximum absolute atomic E-state index is 12.5. The van der Waals surface area contributed by atoms with Gasteiger partial charge in [-0.1, -0.05) is 60.0 Å². The molecule has 0 spiro atoms. The molecule has 1 nitrogen and oxygen atoms in total. The molecule has 20 heavy (non-hydrogen) atoms. The minimum absolute atomic E-state index is 0.104. The third-order valence-electron chi connectivity index (χ3n) is 3.34. The lowest BCUT2D eigenvalue weighted by Gasteiger charge is -2.20. The number of halogens is 3. The number of hydrogen-bond donors (Lipinski definition) is 1. The van der Waals surface area contributed by atoms with Crippen LogP contribution in [0.25, 0.3) is 6.08 Å². The fraction of sp³-hybridized carbons (Fsp3) is 0.0667. The molecule has 0 unspecified atom stereocenters. The summed E-state index contributed by atoms with van der Waals surface area (Å²) in [6.07, 6.45) is -2.31. The molecule has 3 rings (SSSR count). The summed E-state index contributed by atoms with van der Waals surface area (Å²) in [5, 5.41) is 3.30. The highest BCUT2D eigenvalue weighted by Crippen LogP contribution is 2.28. The second kappa shape index (κ2) is 4.74. The van der Waals surface area contributed by atoms with Gasteiger partial charge in [-0.15, -0.1) is 0 Å². The van der Waals surface area contributed by atoms with Gasteiger partial charge in [0.2, 0.25) is 0 Å². The van der Waals surface area contributed by atoms with Crippen molar-refractivity contribution in [2.45, 2.75) is 6.18 Å². The van der Waals surface area contributed by atoms with Crippen molar-refractivity contribution in [2.75, 3.05) is 5.23 Å². The second-order valence-corrected chi connectivity index (χ2v) is 4.69. The molecule has 0 saturated carbocycles. The Morgan fingerprint density at radius 1 is 0.900 bits per heavy atom. The normalized spacial score (nSPS) is 13.8.